The molecule has 1 atom stereocenters. The van der Waals surface area contributed by atoms with E-state index in [1.165, 1.54) is 0 Å². The van der Waals surface area contributed by atoms with Crippen molar-refractivity contribution in [1.82, 2.24) is 10.2 Å². The number of urea groups is 1. The molecule has 1 aliphatic rings. The van der Waals surface area contributed by atoms with E-state index in [2.05, 4.69) is 5.32 Å². The molecule has 1 heterocycles. The first-order valence-electron chi connectivity index (χ1n) is 9.77. The van der Waals surface area contributed by atoms with Crippen molar-refractivity contribution in [1.29, 1.82) is 0 Å². The van der Waals surface area contributed by atoms with Gasteiger partial charge in [0.15, 0.2) is 0 Å². The molecule has 3 rings (SSSR count). The topological polar surface area (TPSA) is 67.9 Å². The van der Waals surface area contributed by atoms with E-state index in [-0.39, 0.29) is 12.6 Å². The molecule has 2 aromatic carbocycles. The van der Waals surface area contributed by atoms with Crippen LogP contribution in [-0.2, 0) is 16.1 Å². The van der Waals surface area contributed by atoms with Crippen LogP contribution in [0.25, 0.3) is 0 Å². The minimum Gasteiger partial charge on any atom is -0.489 e. The normalized spacial score (nSPS) is 16.4. The minimum atomic E-state index is -0.562. The third-order valence-electron chi connectivity index (χ3n) is 4.87. The number of hydrogen-bond donors (Lipinski definition) is 1. The Labute approximate surface area is 171 Å². The van der Waals surface area contributed by atoms with E-state index in [0.717, 1.165) is 11.1 Å². The lowest BCUT2D eigenvalue weighted by Gasteiger charge is -2.34. The van der Waals surface area contributed by atoms with Crippen molar-refractivity contribution < 1.29 is 19.1 Å². The fraction of sp³-hybridized carbons (Fsp3) is 0.304. The number of carbonyl (C=O) groups excluding carboxylic acids is 2. The molecule has 29 heavy (non-hydrogen) atoms. The third-order valence-corrected chi connectivity index (χ3v) is 4.87. The van der Waals surface area contributed by atoms with Gasteiger partial charge in [-0.05, 0) is 44.0 Å². The SMILES string of the molecule is CCOC(=O)C1=C(C)N(CC)C(=O)NC1c1ccc(OCc2ccccc2)cc1. The molecule has 6 nitrogen and oxygen atoms in total. The Kier molecular flexibility index (Phi) is 6.54. The summed E-state index contributed by atoms with van der Waals surface area (Å²) in [6.45, 7) is 6.62. The molecule has 1 aliphatic heterocycles. The van der Waals surface area contributed by atoms with E-state index >= 15 is 0 Å². The van der Waals surface area contributed by atoms with E-state index < -0.39 is 12.0 Å². The molecule has 0 aliphatic carbocycles. The summed E-state index contributed by atoms with van der Waals surface area (Å²) in [4.78, 5) is 26.6. The summed E-state index contributed by atoms with van der Waals surface area (Å²) in [6, 6.07) is 16.5. The quantitative estimate of drug-likeness (QED) is 0.715. The highest BCUT2D eigenvalue weighted by atomic mass is 16.5. The molecule has 0 radical (unpaired) electrons. The summed E-state index contributed by atoms with van der Waals surface area (Å²) in [7, 11) is 0. The molecule has 2 amide bonds. The van der Waals surface area contributed by atoms with Crippen LogP contribution in [0, 0.1) is 0 Å². The molecule has 0 fully saturated rings. The molecule has 2 aromatic rings. The lowest BCUT2D eigenvalue weighted by molar-refractivity contribution is -0.139. The molecular weight excluding hydrogens is 368 g/mol. The Balaban J connectivity index is 1.82. The summed E-state index contributed by atoms with van der Waals surface area (Å²) in [5.74, 6) is 0.297. The van der Waals surface area contributed by atoms with Crippen molar-refractivity contribution in [3.05, 3.63) is 77.0 Å². The predicted octanol–water partition coefficient (Wildman–Crippen LogP) is 4.19. The van der Waals surface area contributed by atoms with E-state index in [0.29, 0.717) is 30.2 Å². The van der Waals surface area contributed by atoms with Crippen LogP contribution in [0.2, 0.25) is 0 Å². The van der Waals surface area contributed by atoms with E-state index in [1.807, 2.05) is 61.5 Å². The maximum Gasteiger partial charge on any atom is 0.338 e. The summed E-state index contributed by atoms with van der Waals surface area (Å²) >= 11 is 0. The van der Waals surface area contributed by atoms with E-state index in [9.17, 15) is 9.59 Å². The summed E-state index contributed by atoms with van der Waals surface area (Å²) in [5, 5.41) is 2.92. The number of nitrogens with zero attached hydrogens (tertiary/aromatic N) is 1. The van der Waals surface area contributed by atoms with Crippen LogP contribution in [0.4, 0.5) is 4.79 Å². The van der Waals surface area contributed by atoms with Crippen LogP contribution >= 0.6 is 0 Å². The summed E-state index contributed by atoms with van der Waals surface area (Å²) in [5.41, 5.74) is 2.94. The lowest BCUT2D eigenvalue weighted by atomic mass is 9.95. The number of hydrogen-bond acceptors (Lipinski definition) is 4. The smallest absolute Gasteiger partial charge is 0.338 e. The van der Waals surface area contributed by atoms with Crippen molar-refractivity contribution in [2.75, 3.05) is 13.2 Å². The number of esters is 1. The van der Waals surface area contributed by atoms with Gasteiger partial charge in [-0.25, -0.2) is 9.59 Å². The second kappa shape index (κ2) is 9.28. The van der Waals surface area contributed by atoms with Gasteiger partial charge in [0.1, 0.15) is 12.4 Å². The standard InChI is InChI=1S/C23H26N2O4/c1-4-25-16(3)20(22(26)28-5-2)21(24-23(25)27)18-11-13-19(14-12-18)29-15-17-9-7-6-8-10-17/h6-14,21H,4-5,15H2,1-3H3,(H,24,27). The maximum absolute atomic E-state index is 12.6. The molecule has 152 valence electrons. The highest BCUT2D eigenvalue weighted by Crippen LogP contribution is 2.32. The van der Waals surface area contributed by atoms with Crippen LogP contribution in [0.3, 0.4) is 0 Å². The molecule has 1 unspecified atom stereocenters. The predicted molar refractivity (Wildman–Crippen MR) is 110 cm³/mol. The molecule has 1 N–H and O–H groups in total. The van der Waals surface area contributed by atoms with Crippen LogP contribution < -0.4 is 10.1 Å². The lowest BCUT2D eigenvalue weighted by Crippen LogP contribution is -2.47. The van der Waals surface area contributed by atoms with Crippen LogP contribution in [0.1, 0.15) is 37.9 Å². The number of benzene rings is 2. The van der Waals surface area contributed by atoms with Crippen LogP contribution in [-0.4, -0.2) is 30.1 Å². The first-order chi connectivity index (χ1) is 14.0. The molecule has 0 aromatic heterocycles. The average Bonchev–Trinajstić information content (AvgIpc) is 2.73. The number of allylic oxidation sites excluding steroid dienone is 1. The summed E-state index contributed by atoms with van der Waals surface area (Å²) in [6.07, 6.45) is 0. The first-order valence-corrected chi connectivity index (χ1v) is 9.77. The average molecular weight is 394 g/mol. The monoisotopic (exact) mass is 394 g/mol. The van der Waals surface area contributed by atoms with Crippen molar-refractivity contribution in [3.63, 3.8) is 0 Å². The van der Waals surface area contributed by atoms with Gasteiger partial charge < -0.3 is 14.8 Å². The van der Waals surface area contributed by atoms with Gasteiger partial charge in [0, 0.05) is 12.2 Å². The summed E-state index contributed by atoms with van der Waals surface area (Å²) < 4.78 is 11.1. The van der Waals surface area contributed by atoms with Gasteiger partial charge in [-0.15, -0.1) is 0 Å². The molecular formula is C23H26N2O4. The number of carbonyl (C=O) groups is 2. The van der Waals surface area contributed by atoms with Crippen molar-refractivity contribution >= 4 is 12.0 Å². The fourth-order valence-corrected chi connectivity index (χ4v) is 3.38. The van der Waals surface area contributed by atoms with Crippen LogP contribution in [0.15, 0.2) is 65.9 Å². The Bertz CT molecular complexity index is 891. The second-order valence-electron chi connectivity index (χ2n) is 6.69. The van der Waals surface area contributed by atoms with Gasteiger partial charge in [-0.2, -0.15) is 0 Å². The Hall–Kier alpha value is -3.28. The fourth-order valence-electron chi connectivity index (χ4n) is 3.38. The Morgan fingerprint density at radius 1 is 1.07 bits per heavy atom. The molecule has 0 bridgehead atoms. The van der Waals surface area contributed by atoms with Crippen molar-refractivity contribution in [2.45, 2.75) is 33.4 Å². The molecule has 6 heteroatoms. The van der Waals surface area contributed by atoms with Crippen molar-refractivity contribution in [3.8, 4) is 5.75 Å². The molecule has 0 saturated heterocycles. The number of nitrogens with one attached hydrogen (secondary N) is 1. The van der Waals surface area contributed by atoms with Gasteiger partial charge in [-0.3, -0.25) is 4.90 Å². The molecule has 0 spiro atoms. The Morgan fingerprint density at radius 3 is 2.38 bits per heavy atom. The van der Waals surface area contributed by atoms with E-state index in [1.54, 1.807) is 18.7 Å². The van der Waals surface area contributed by atoms with Gasteiger partial charge >= 0.3 is 12.0 Å². The van der Waals surface area contributed by atoms with Crippen molar-refractivity contribution in [2.24, 2.45) is 0 Å². The largest absolute Gasteiger partial charge is 0.489 e. The zero-order valence-corrected chi connectivity index (χ0v) is 17.0. The van der Waals surface area contributed by atoms with Gasteiger partial charge in [0.05, 0.1) is 18.2 Å². The highest BCUT2D eigenvalue weighted by Gasteiger charge is 2.35. The van der Waals surface area contributed by atoms with Crippen LogP contribution in [0.5, 0.6) is 5.75 Å². The first kappa shape index (κ1) is 20.5. The Morgan fingerprint density at radius 2 is 1.76 bits per heavy atom. The van der Waals surface area contributed by atoms with Gasteiger partial charge in [0.25, 0.3) is 0 Å². The van der Waals surface area contributed by atoms with Gasteiger partial charge in [0.2, 0.25) is 0 Å². The third kappa shape index (κ3) is 4.59. The number of amides is 2. The van der Waals surface area contributed by atoms with Gasteiger partial charge in [-0.1, -0.05) is 42.5 Å². The number of ether oxygens (including phenoxy) is 2. The second-order valence-corrected chi connectivity index (χ2v) is 6.69. The zero-order valence-electron chi connectivity index (χ0n) is 17.0. The molecule has 0 saturated carbocycles. The maximum atomic E-state index is 12.6. The highest BCUT2D eigenvalue weighted by molar-refractivity contribution is 5.95. The number of rotatable bonds is 7. The zero-order chi connectivity index (χ0) is 20.8. The minimum absolute atomic E-state index is 0.229. The van der Waals surface area contributed by atoms with E-state index in [4.69, 9.17) is 9.47 Å².